The van der Waals surface area contributed by atoms with Crippen molar-refractivity contribution in [1.82, 2.24) is 4.90 Å². The highest BCUT2D eigenvalue weighted by atomic mass is 16.5. The van der Waals surface area contributed by atoms with Crippen molar-refractivity contribution in [1.29, 1.82) is 0 Å². The van der Waals surface area contributed by atoms with E-state index in [0.29, 0.717) is 38.6 Å². The molecule has 0 radical (unpaired) electrons. The summed E-state index contributed by atoms with van der Waals surface area (Å²) in [6, 6.07) is 0. The molecule has 76 valence electrons. The summed E-state index contributed by atoms with van der Waals surface area (Å²) in [5, 5.41) is 0. The molecule has 4 nitrogen and oxygen atoms in total. The van der Waals surface area contributed by atoms with Crippen molar-refractivity contribution in [3.05, 3.63) is 0 Å². The van der Waals surface area contributed by atoms with E-state index in [1.165, 1.54) is 0 Å². The largest absolute Gasteiger partial charge is 0.380 e. The number of rotatable bonds is 5. The van der Waals surface area contributed by atoms with Crippen LogP contribution >= 0.6 is 0 Å². The van der Waals surface area contributed by atoms with Gasteiger partial charge >= 0.3 is 0 Å². The van der Waals surface area contributed by atoms with Crippen LogP contribution in [0, 0.1) is 5.92 Å². The molecule has 0 saturated carbocycles. The maximum absolute atomic E-state index is 11.4. The minimum atomic E-state index is 0.218. The average Bonchev–Trinajstić information content (AvgIpc) is 2.48. The second-order valence-electron chi connectivity index (χ2n) is 3.34. The highest BCUT2D eigenvalue weighted by Crippen LogP contribution is 2.15. The van der Waals surface area contributed by atoms with E-state index < -0.39 is 0 Å². The lowest BCUT2D eigenvalue weighted by Gasteiger charge is -2.15. The van der Waals surface area contributed by atoms with Gasteiger partial charge in [0.25, 0.3) is 0 Å². The fraction of sp³-hybridized carbons (Fsp3) is 0.889. The maximum Gasteiger partial charge on any atom is 0.223 e. The van der Waals surface area contributed by atoms with E-state index in [1.54, 1.807) is 0 Å². The van der Waals surface area contributed by atoms with Gasteiger partial charge < -0.3 is 15.4 Å². The second-order valence-corrected chi connectivity index (χ2v) is 3.34. The van der Waals surface area contributed by atoms with Crippen molar-refractivity contribution in [3.8, 4) is 0 Å². The van der Waals surface area contributed by atoms with Crippen LogP contribution < -0.4 is 5.73 Å². The number of ether oxygens (including phenoxy) is 1. The highest BCUT2D eigenvalue weighted by molar-refractivity contribution is 5.78. The normalized spacial score (nSPS) is 22.8. The van der Waals surface area contributed by atoms with Gasteiger partial charge in [-0.15, -0.1) is 0 Å². The molecule has 1 atom stereocenters. The van der Waals surface area contributed by atoms with Gasteiger partial charge in [0, 0.05) is 26.1 Å². The topological polar surface area (TPSA) is 55.6 Å². The molecule has 1 aliphatic heterocycles. The number of carbonyl (C=O) groups excluding carboxylic acids is 1. The molecule has 1 heterocycles. The summed E-state index contributed by atoms with van der Waals surface area (Å²) in [4.78, 5) is 13.2. The van der Waals surface area contributed by atoms with Crippen molar-refractivity contribution < 1.29 is 9.53 Å². The van der Waals surface area contributed by atoms with Crippen molar-refractivity contribution in [2.75, 3.05) is 32.8 Å². The van der Waals surface area contributed by atoms with Crippen molar-refractivity contribution in [3.63, 3.8) is 0 Å². The number of amides is 1. The zero-order valence-electron chi connectivity index (χ0n) is 8.16. The molecule has 4 heteroatoms. The summed E-state index contributed by atoms with van der Waals surface area (Å²) >= 11 is 0. The van der Waals surface area contributed by atoms with Crippen LogP contribution in [0.5, 0.6) is 0 Å². The van der Waals surface area contributed by atoms with Crippen molar-refractivity contribution >= 4 is 5.91 Å². The van der Waals surface area contributed by atoms with Crippen LogP contribution in [0.2, 0.25) is 0 Å². The Hall–Kier alpha value is -0.610. The van der Waals surface area contributed by atoms with E-state index >= 15 is 0 Å². The number of likely N-dealkylation sites (tertiary alicyclic amines) is 1. The van der Waals surface area contributed by atoms with E-state index in [2.05, 4.69) is 0 Å². The van der Waals surface area contributed by atoms with Gasteiger partial charge in [0.1, 0.15) is 0 Å². The summed E-state index contributed by atoms with van der Waals surface area (Å²) in [5.41, 5.74) is 5.50. The Kier molecular flexibility index (Phi) is 4.18. The fourth-order valence-electron chi connectivity index (χ4n) is 1.55. The molecule has 1 fully saturated rings. The predicted octanol–water partition coefficient (Wildman–Crippen LogP) is -0.170. The Labute approximate surface area is 79.0 Å². The molecule has 1 saturated heterocycles. The first kappa shape index (κ1) is 10.5. The summed E-state index contributed by atoms with van der Waals surface area (Å²) in [6.45, 7) is 5.43. The Morgan fingerprint density at radius 3 is 3.00 bits per heavy atom. The zero-order chi connectivity index (χ0) is 9.68. The van der Waals surface area contributed by atoms with Crippen LogP contribution in [0.3, 0.4) is 0 Å². The molecule has 13 heavy (non-hydrogen) atoms. The smallest absolute Gasteiger partial charge is 0.223 e. The van der Waals surface area contributed by atoms with Gasteiger partial charge in [-0.05, 0) is 19.4 Å². The molecule has 0 aliphatic carbocycles. The number of hydrogen-bond acceptors (Lipinski definition) is 3. The third-order valence-electron chi connectivity index (χ3n) is 2.34. The first-order valence-electron chi connectivity index (χ1n) is 4.83. The number of hydrogen-bond donors (Lipinski definition) is 1. The van der Waals surface area contributed by atoms with Gasteiger partial charge in [-0.2, -0.15) is 0 Å². The molecule has 1 unspecified atom stereocenters. The molecular formula is C9H18N2O2. The monoisotopic (exact) mass is 186 g/mol. The maximum atomic E-state index is 11.4. The molecule has 0 spiro atoms. The molecule has 0 aromatic rings. The Morgan fingerprint density at radius 2 is 2.46 bits per heavy atom. The van der Waals surface area contributed by atoms with E-state index in [-0.39, 0.29) is 5.91 Å². The third kappa shape index (κ3) is 2.97. The molecule has 1 aliphatic rings. The van der Waals surface area contributed by atoms with E-state index in [1.807, 2.05) is 11.8 Å². The summed E-state index contributed by atoms with van der Waals surface area (Å²) in [5.74, 6) is 0.573. The van der Waals surface area contributed by atoms with Gasteiger partial charge in [0.15, 0.2) is 0 Å². The summed E-state index contributed by atoms with van der Waals surface area (Å²) in [7, 11) is 0. The Balaban J connectivity index is 2.23. The first-order chi connectivity index (χ1) is 6.27. The number of carbonyl (C=O) groups is 1. The van der Waals surface area contributed by atoms with Crippen molar-refractivity contribution in [2.24, 2.45) is 11.7 Å². The quantitative estimate of drug-likeness (QED) is 0.606. The van der Waals surface area contributed by atoms with E-state index in [4.69, 9.17) is 10.5 Å². The Bertz CT molecular complexity index is 173. The zero-order valence-corrected chi connectivity index (χ0v) is 8.16. The molecule has 0 aromatic heterocycles. The van der Waals surface area contributed by atoms with Crippen LogP contribution in [0.15, 0.2) is 0 Å². The minimum absolute atomic E-state index is 0.218. The van der Waals surface area contributed by atoms with Crippen LogP contribution in [0.1, 0.15) is 13.3 Å². The standard InChI is InChI=1S/C9H18N2O2/c1-2-13-4-3-11-7-8(6-10)5-9(11)12/h8H,2-7,10H2,1H3. The van der Waals surface area contributed by atoms with Gasteiger partial charge in [0.2, 0.25) is 5.91 Å². The molecule has 1 rings (SSSR count). The van der Waals surface area contributed by atoms with Gasteiger partial charge in [-0.1, -0.05) is 0 Å². The van der Waals surface area contributed by atoms with E-state index in [0.717, 1.165) is 6.54 Å². The Morgan fingerprint density at radius 1 is 1.69 bits per heavy atom. The molecule has 1 amide bonds. The molecule has 0 bridgehead atoms. The summed E-state index contributed by atoms with van der Waals surface area (Å²) in [6.07, 6.45) is 0.614. The lowest BCUT2D eigenvalue weighted by molar-refractivity contribution is -0.128. The number of nitrogens with zero attached hydrogens (tertiary/aromatic N) is 1. The third-order valence-corrected chi connectivity index (χ3v) is 2.34. The van der Waals surface area contributed by atoms with Crippen molar-refractivity contribution in [2.45, 2.75) is 13.3 Å². The average molecular weight is 186 g/mol. The lowest BCUT2D eigenvalue weighted by atomic mass is 10.1. The minimum Gasteiger partial charge on any atom is -0.380 e. The van der Waals surface area contributed by atoms with Crippen LogP contribution in [-0.2, 0) is 9.53 Å². The fourth-order valence-corrected chi connectivity index (χ4v) is 1.55. The highest BCUT2D eigenvalue weighted by Gasteiger charge is 2.27. The van der Waals surface area contributed by atoms with Gasteiger partial charge in [-0.3, -0.25) is 4.79 Å². The lowest BCUT2D eigenvalue weighted by Crippen LogP contribution is -2.29. The van der Waals surface area contributed by atoms with Crippen LogP contribution in [0.25, 0.3) is 0 Å². The van der Waals surface area contributed by atoms with Gasteiger partial charge in [-0.25, -0.2) is 0 Å². The van der Waals surface area contributed by atoms with E-state index in [9.17, 15) is 4.79 Å². The summed E-state index contributed by atoms with van der Waals surface area (Å²) < 4.78 is 5.19. The molecule has 0 aromatic carbocycles. The first-order valence-corrected chi connectivity index (χ1v) is 4.83. The molecular weight excluding hydrogens is 168 g/mol. The van der Waals surface area contributed by atoms with Crippen LogP contribution in [0.4, 0.5) is 0 Å². The van der Waals surface area contributed by atoms with Gasteiger partial charge in [0.05, 0.1) is 6.61 Å². The predicted molar refractivity (Wildman–Crippen MR) is 50.2 cm³/mol. The SMILES string of the molecule is CCOCCN1CC(CN)CC1=O. The molecule has 2 N–H and O–H groups in total. The van der Waals surface area contributed by atoms with Crippen LogP contribution in [-0.4, -0.2) is 43.7 Å². The second kappa shape index (κ2) is 5.19. The number of nitrogens with two attached hydrogens (primary N) is 1.